The molecule has 4 nitrogen and oxygen atoms in total. The first kappa shape index (κ1) is 15.2. The van der Waals surface area contributed by atoms with Gasteiger partial charge in [-0.05, 0) is 32.0 Å². The Morgan fingerprint density at radius 1 is 1.33 bits per heavy atom. The highest BCUT2D eigenvalue weighted by atomic mass is 19.4. The lowest BCUT2D eigenvalue weighted by Crippen LogP contribution is -2.21. The number of carbonyl (C=O) groups excluding carboxylic acids is 1. The third-order valence-corrected chi connectivity index (χ3v) is 3.07. The van der Waals surface area contributed by atoms with E-state index in [0.717, 1.165) is 18.2 Å². The molecule has 0 saturated heterocycles. The number of benzene rings is 1. The quantitative estimate of drug-likeness (QED) is 0.819. The maximum absolute atomic E-state index is 12.8. The van der Waals surface area contributed by atoms with Gasteiger partial charge in [0.15, 0.2) is 0 Å². The summed E-state index contributed by atoms with van der Waals surface area (Å²) in [5.74, 6) is 0. The van der Waals surface area contributed by atoms with Crippen molar-refractivity contribution in [2.24, 2.45) is 0 Å². The highest BCUT2D eigenvalue weighted by molar-refractivity contribution is 5.80. The summed E-state index contributed by atoms with van der Waals surface area (Å²) >= 11 is 0. The molecule has 2 aromatic rings. The van der Waals surface area contributed by atoms with E-state index < -0.39 is 17.2 Å². The summed E-state index contributed by atoms with van der Waals surface area (Å²) in [5.41, 5.74) is -1.21. The second kappa shape index (κ2) is 5.31. The van der Waals surface area contributed by atoms with Crippen LogP contribution in [0.3, 0.4) is 0 Å². The maximum atomic E-state index is 12.8. The van der Waals surface area contributed by atoms with E-state index in [4.69, 9.17) is 0 Å². The van der Waals surface area contributed by atoms with E-state index in [2.05, 4.69) is 5.10 Å². The number of hydrogen-bond donors (Lipinski definition) is 0. The first-order chi connectivity index (χ1) is 9.75. The van der Waals surface area contributed by atoms with Crippen molar-refractivity contribution >= 4 is 17.2 Å². The van der Waals surface area contributed by atoms with Gasteiger partial charge in [0, 0.05) is 11.4 Å². The minimum atomic E-state index is -4.49. The van der Waals surface area contributed by atoms with Crippen LogP contribution < -0.4 is 5.43 Å². The molecule has 0 unspecified atom stereocenters. The molecule has 7 heteroatoms. The molecule has 0 aliphatic rings. The normalized spacial score (nSPS) is 12.1. The standard InChI is InChI=1S/C14H13F3N2O2/c1-8(2)19-12-7-9(14(15,16)17)3-4-10(12)13(21)11(18-19)5-6-20/h3-4,6-8H,5H2,1-2H3. The molecule has 0 fully saturated rings. The zero-order valence-electron chi connectivity index (χ0n) is 11.4. The monoisotopic (exact) mass is 298 g/mol. The first-order valence-electron chi connectivity index (χ1n) is 6.32. The molecular formula is C14H13F3N2O2. The Hall–Kier alpha value is -2.18. The summed E-state index contributed by atoms with van der Waals surface area (Å²) in [4.78, 5) is 22.7. The molecule has 1 aromatic carbocycles. The van der Waals surface area contributed by atoms with E-state index in [-0.39, 0.29) is 29.1 Å². The Labute approximate surface area is 118 Å². The smallest absolute Gasteiger partial charge is 0.303 e. The topological polar surface area (TPSA) is 52.0 Å². The van der Waals surface area contributed by atoms with Gasteiger partial charge in [0.05, 0.1) is 17.5 Å². The largest absolute Gasteiger partial charge is 0.416 e. The maximum Gasteiger partial charge on any atom is 0.416 e. The summed E-state index contributed by atoms with van der Waals surface area (Å²) in [6, 6.07) is 2.66. The molecule has 21 heavy (non-hydrogen) atoms. The lowest BCUT2D eigenvalue weighted by Gasteiger charge is -2.16. The van der Waals surface area contributed by atoms with Crippen molar-refractivity contribution in [1.82, 2.24) is 9.78 Å². The van der Waals surface area contributed by atoms with E-state index in [0.29, 0.717) is 6.29 Å². The second-order valence-corrected chi connectivity index (χ2v) is 4.91. The Bertz CT molecular complexity index is 748. The van der Waals surface area contributed by atoms with Crippen LogP contribution in [-0.2, 0) is 17.4 Å². The molecule has 0 radical (unpaired) electrons. The molecule has 0 spiro atoms. The fourth-order valence-corrected chi connectivity index (χ4v) is 2.08. The second-order valence-electron chi connectivity index (χ2n) is 4.91. The van der Waals surface area contributed by atoms with Crippen LogP contribution in [0.5, 0.6) is 0 Å². The molecule has 1 heterocycles. The molecule has 0 bridgehead atoms. The van der Waals surface area contributed by atoms with Gasteiger partial charge in [-0.1, -0.05) is 0 Å². The zero-order valence-corrected chi connectivity index (χ0v) is 11.4. The minimum Gasteiger partial charge on any atom is -0.303 e. The van der Waals surface area contributed by atoms with E-state index >= 15 is 0 Å². The van der Waals surface area contributed by atoms with Gasteiger partial charge in [0.1, 0.15) is 12.0 Å². The fourth-order valence-electron chi connectivity index (χ4n) is 2.08. The number of halogens is 3. The van der Waals surface area contributed by atoms with Gasteiger partial charge < -0.3 is 4.79 Å². The minimum absolute atomic E-state index is 0.0333. The van der Waals surface area contributed by atoms with Gasteiger partial charge >= 0.3 is 6.18 Å². The van der Waals surface area contributed by atoms with E-state index in [1.54, 1.807) is 13.8 Å². The molecule has 0 aliphatic carbocycles. The van der Waals surface area contributed by atoms with Crippen molar-refractivity contribution in [3.05, 3.63) is 39.7 Å². The molecule has 0 amide bonds. The highest BCUT2D eigenvalue weighted by Gasteiger charge is 2.31. The third-order valence-electron chi connectivity index (χ3n) is 3.07. The molecule has 0 atom stereocenters. The van der Waals surface area contributed by atoms with Gasteiger partial charge in [0.25, 0.3) is 0 Å². The van der Waals surface area contributed by atoms with Crippen LogP contribution in [0.4, 0.5) is 13.2 Å². The predicted octanol–water partition coefficient (Wildman–Crippen LogP) is 2.74. The number of aromatic nitrogens is 2. The number of aldehydes is 1. The van der Waals surface area contributed by atoms with Crippen LogP contribution in [0.2, 0.25) is 0 Å². The Morgan fingerprint density at radius 3 is 2.52 bits per heavy atom. The molecule has 0 N–H and O–H groups in total. The van der Waals surface area contributed by atoms with Gasteiger partial charge in [0.2, 0.25) is 5.43 Å². The number of nitrogens with zero attached hydrogens (tertiary/aromatic N) is 2. The summed E-state index contributed by atoms with van der Waals surface area (Å²) in [7, 11) is 0. The van der Waals surface area contributed by atoms with Crippen molar-refractivity contribution in [3.8, 4) is 0 Å². The van der Waals surface area contributed by atoms with Gasteiger partial charge in [-0.15, -0.1) is 0 Å². The number of hydrogen-bond acceptors (Lipinski definition) is 3. The molecule has 0 saturated carbocycles. The van der Waals surface area contributed by atoms with Crippen molar-refractivity contribution in [2.45, 2.75) is 32.5 Å². The molecule has 2 rings (SSSR count). The van der Waals surface area contributed by atoms with E-state index in [1.165, 1.54) is 4.68 Å². The summed E-state index contributed by atoms with van der Waals surface area (Å²) in [6.07, 6.45) is -4.11. The van der Waals surface area contributed by atoms with Crippen molar-refractivity contribution < 1.29 is 18.0 Å². The number of fused-ring (bicyclic) bond motifs is 1. The first-order valence-corrected chi connectivity index (χ1v) is 6.32. The molecular weight excluding hydrogens is 285 g/mol. The zero-order chi connectivity index (χ0) is 15.8. The third kappa shape index (κ3) is 2.81. The average Bonchev–Trinajstić information content (AvgIpc) is 2.40. The summed E-state index contributed by atoms with van der Waals surface area (Å²) in [5, 5.41) is 4.15. The number of carbonyl (C=O) groups is 1. The van der Waals surface area contributed by atoms with Gasteiger partial charge in [-0.25, -0.2) is 0 Å². The van der Waals surface area contributed by atoms with Crippen LogP contribution >= 0.6 is 0 Å². The Balaban J connectivity index is 2.84. The fraction of sp³-hybridized carbons (Fsp3) is 0.357. The van der Waals surface area contributed by atoms with Crippen molar-refractivity contribution in [2.75, 3.05) is 0 Å². The molecule has 0 aliphatic heterocycles. The lowest BCUT2D eigenvalue weighted by molar-refractivity contribution is -0.137. The Morgan fingerprint density at radius 2 is 2.00 bits per heavy atom. The van der Waals surface area contributed by atoms with Gasteiger partial charge in [-0.3, -0.25) is 9.48 Å². The number of rotatable bonds is 3. The van der Waals surface area contributed by atoms with Crippen LogP contribution in [0.1, 0.15) is 31.1 Å². The average molecular weight is 298 g/mol. The lowest BCUT2D eigenvalue weighted by atomic mass is 10.1. The van der Waals surface area contributed by atoms with Crippen LogP contribution in [0.25, 0.3) is 10.9 Å². The molecule has 1 aromatic heterocycles. The van der Waals surface area contributed by atoms with E-state index in [9.17, 15) is 22.8 Å². The van der Waals surface area contributed by atoms with Crippen molar-refractivity contribution in [1.29, 1.82) is 0 Å². The summed E-state index contributed by atoms with van der Waals surface area (Å²) < 4.78 is 39.7. The van der Waals surface area contributed by atoms with Crippen molar-refractivity contribution in [3.63, 3.8) is 0 Å². The SMILES string of the molecule is CC(C)n1nc(CC=O)c(=O)c2ccc(C(F)(F)F)cc21. The highest BCUT2D eigenvalue weighted by Crippen LogP contribution is 2.31. The predicted molar refractivity (Wildman–Crippen MR) is 71.2 cm³/mol. The van der Waals surface area contributed by atoms with E-state index in [1.807, 2.05) is 0 Å². The number of alkyl halides is 3. The summed E-state index contributed by atoms with van der Waals surface area (Å²) in [6.45, 7) is 3.48. The Kier molecular flexibility index (Phi) is 3.85. The molecule has 112 valence electrons. The van der Waals surface area contributed by atoms with Gasteiger partial charge in [-0.2, -0.15) is 18.3 Å². The van der Waals surface area contributed by atoms with Crippen LogP contribution in [0, 0.1) is 0 Å². The van der Waals surface area contributed by atoms with Crippen LogP contribution in [0.15, 0.2) is 23.0 Å². The van der Waals surface area contributed by atoms with Crippen LogP contribution in [-0.4, -0.2) is 16.1 Å².